The van der Waals surface area contributed by atoms with E-state index in [1.165, 1.54) is 14.2 Å². The highest BCUT2D eigenvalue weighted by atomic mass is 31.2. The summed E-state index contributed by atoms with van der Waals surface area (Å²) in [6.07, 6.45) is 0.0223. The molecule has 0 saturated heterocycles. The van der Waals surface area contributed by atoms with Gasteiger partial charge in [-0.3, -0.25) is 9.36 Å². The van der Waals surface area contributed by atoms with Crippen LogP contribution in [0.4, 0.5) is 5.69 Å². The van der Waals surface area contributed by atoms with Crippen molar-refractivity contribution in [3.05, 3.63) is 29.8 Å². The lowest BCUT2D eigenvalue weighted by molar-refractivity contribution is -0.116. The molecule has 0 spiro atoms. The zero-order valence-electron chi connectivity index (χ0n) is 10.8. The molecule has 0 unspecified atom stereocenters. The number of ketones is 1. The predicted molar refractivity (Wildman–Crippen MR) is 71.2 cm³/mol. The van der Waals surface area contributed by atoms with Crippen molar-refractivity contribution < 1.29 is 18.4 Å². The predicted octanol–water partition coefficient (Wildman–Crippen LogP) is 2.33. The van der Waals surface area contributed by atoms with Crippen molar-refractivity contribution in [1.29, 1.82) is 0 Å². The zero-order valence-corrected chi connectivity index (χ0v) is 11.7. The van der Waals surface area contributed by atoms with Gasteiger partial charge in [0.25, 0.3) is 0 Å². The van der Waals surface area contributed by atoms with Crippen LogP contribution in [0.3, 0.4) is 0 Å². The van der Waals surface area contributed by atoms with Gasteiger partial charge in [-0.15, -0.1) is 0 Å². The number of carbonyl (C=O) groups is 1. The monoisotopic (exact) mass is 271 g/mol. The molecule has 0 radical (unpaired) electrons. The maximum atomic E-state index is 11.8. The molecule has 0 heterocycles. The van der Waals surface area contributed by atoms with Crippen LogP contribution in [0.25, 0.3) is 0 Å². The van der Waals surface area contributed by atoms with Crippen molar-refractivity contribution in [2.24, 2.45) is 0 Å². The minimum atomic E-state index is -3.25. The number of hydrogen-bond donors (Lipinski definition) is 1. The molecule has 0 amide bonds. The molecule has 0 saturated carbocycles. The quantitative estimate of drug-likeness (QED) is 0.771. The van der Waals surface area contributed by atoms with Crippen LogP contribution in [0, 0.1) is 0 Å². The largest absolute Gasteiger partial charge is 0.388 e. The summed E-state index contributed by atoms with van der Waals surface area (Å²) in [5, 5.41) is 2.99. The Labute approximate surface area is 107 Å². The van der Waals surface area contributed by atoms with Gasteiger partial charge in [-0.1, -0.05) is 12.1 Å². The van der Waals surface area contributed by atoms with Gasteiger partial charge in [0.05, 0.1) is 0 Å². The minimum absolute atomic E-state index is 0.167. The first-order chi connectivity index (χ1) is 8.53. The Kier molecular flexibility index (Phi) is 5.54. The van der Waals surface area contributed by atoms with Crippen molar-refractivity contribution in [2.75, 3.05) is 32.7 Å². The van der Waals surface area contributed by atoms with Gasteiger partial charge in [0.15, 0.2) is 0 Å². The summed E-state index contributed by atoms with van der Waals surface area (Å²) in [6, 6.07) is 7.48. The van der Waals surface area contributed by atoms with Crippen molar-refractivity contribution in [1.82, 2.24) is 0 Å². The van der Waals surface area contributed by atoms with E-state index in [9.17, 15) is 9.36 Å². The fourth-order valence-corrected chi connectivity index (χ4v) is 2.44. The van der Waals surface area contributed by atoms with E-state index in [1.807, 2.05) is 31.3 Å². The van der Waals surface area contributed by atoms with Crippen molar-refractivity contribution in [2.45, 2.75) is 6.42 Å². The smallest absolute Gasteiger partial charge is 0.337 e. The van der Waals surface area contributed by atoms with Crippen LogP contribution < -0.4 is 5.32 Å². The van der Waals surface area contributed by atoms with Gasteiger partial charge in [0.2, 0.25) is 0 Å². The second-order valence-corrected chi connectivity index (χ2v) is 6.06. The third-order valence-corrected chi connectivity index (χ3v) is 4.42. The number of Topliss-reactive ketones (excluding diaryl/α,β-unsaturated/α-hetero) is 1. The number of nitrogens with one attached hydrogen (secondary N) is 1. The van der Waals surface area contributed by atoms with E-state index >= 15 is 0 Å². The number of carbonyl (C=O) groups excluding carboxylic acids is 1. The Balaban J connectivity index is 2.61. The average Bonchev–Trinajstić information content (AvgIpc) is 2.39. The first kappa shape index (κ1) is 14.9. The summed E-state index contributed by atoms with van der Waals surface area (Å²) < 4.78 is 21.2. The fraction of sp³-hybridized carbons (Fsp3) is 0.417. The van der Waals surface area contributed by atoms with Crippen molar-refractivity contribution >= 4 is 19.1 Å². The molecular formula is C12H18NO4P. The third-order valence-electron chi connectivity index (χ3n) is 2.57. The van der Waals surface area contributed by atoms with Crippen LogP contribution >= 0.6 is 7.60 Å². The Bertz CT molecular complexity index is 436. The van der Waals surface area contributed by atoms with Crippen LogP contribution in [-0.2, 0) is 24.8 Å². The van der Waals surface area contributed by atoms with E-state index in [4.69, 9.17) is 9.05 Å². The van der Waals surface area contributed by atoms with Gasteiger partial charge in [-0.25, -0.2) is 0 Å². The minimum Gasteiger partial charge on any atom is -0.388 e. The molecule has 1 aromatic carbocycles. The lowest BCUT2D eigenvalue weighted by Gasteiger charge is -2.12. The number of anilines is 1. The standard InChI is InChI=1S/C12H18NO4P/c1-13-11-6-4-10(5-7-11)8-12(14)9-18(15,16-2)17-3/h4-7,13H,8-9H2,1-3H3. The molecule has 0 aromatic heterocycles. The van der Waals surface area contributed by atoms with E-state index < -0.39 is 7.60 Å². The summed E-state index contributed by atoms with van der Waals surface area (Å²) in [5.74, 6) is -0.167. The molecule has 0 fully saturated rings. The van der Waals surface area contributed by atoms with Crippen LogP contribution in [0.2, 0.25) is 0 Å². The first-order valence-corrected chi connectivity index (χ1v) is 7.24. The normalized spacial score (nSPS) is 11.3. The molecule has 1 N–H and O–H groups in total. The second-order valence-electron chi connectivity index (χ2n) is 3.80. The van der Waals surface area contributed by atoms with Crippen LogP contribution in [0.5, 0.6) is 0 Å². The van der Waals surface area contributed by atoms with E-state index in [2.05, 4.69) is 5.32 Å². The molecule has 18 heavy (non-hydrogen) atoms. The molecule has 1 rings (SSSR count). The van der Waals surface area contributed by atoms with Crippen molar-refractivity contribution in [3.63, 3.8) is 0 Å². The summed E-state index contributed by atoms with van der Waals surface area (Å²) >= 11 is 0. The molecule has 6 heteroatoms. The van der Waals surface area contributed by atoms with Crippen LogP contribution in [0.1, 0.15) is 5.56 Å². The van der Waals surface area contributed by atoms with E-state index in [0.717, 1.165) is 11.3 Å². The van der Waals surface area contributed by atoms with Gasteiger partial charge in [-0.05, 0) is 17.7 Å². The lowest BCUT2D eigenvalue weighted by atomic mass is 10.1. The highest BCUT2D eigenvalue weighted by Gasteiger charge is 2.25. The molecular weight excluding hydrogens is 253 g/mol. The number of rotatable bonds is 7. The van der Waals surface area contributed by atoms with Gasteiger partial charge < -0.3 is 14.4 Å². The summed E-state index contributed by atoms with van der Waals surface area (Å²) in [4.78, 5) is 11.8. The third kappa shape index (κ3) is 4.26. The highest BCUT2D eigenvalue weighted by Crippen LogP contribution is 2.46. The van der Waals surface area contributed by atoms with E-state index in [1.54, 1.807) is 0 Å². The molecule has 0 aliphatic heterocycles. The molecule has 0 atom stereocenters. The molecule has 1 aromatic rings. The summed E-state index contributed by atoms with van der Waals surface area (Å²) in [5.41, 5.74) is 1.85. The highest BCUT2D eigenvalue weighted by molar-refractivity contribution is 7.54. The maximum Gasteiger partial charge on any atom is 0.337 e. The van der Waals surface area contributed by atoms with E-state index in [0.29, 0.717) is 0 Å². The Morgan fingerprint density at radius 3 is 2.22 bits per heavy atom. The van der Waals surface area contributed by atoms with Gasteiger partial charge in [-0.2, -0.15) is 0 Å². The molecule has 0 aliphatic rings. The maximum absolute atomic E-state index is 11.8. The van der Waals surface area contributed by atoms with Gasteiger partial charge in [0, 0.05) is 33.4 Å². The second kappa shape index (κ2) is 6.69. The van der Waals surface area contributed by atoms with Crippen LogP contribution in [-0.4, -0.2) is 33.2 Å². The lowest BCUT2D eigenvalue weighted by Crippen LogP contribution is -2.10. The number of benzene rings is 1. The molecule has 0 aliphatic carbocycles. The molecule has 100 valence electrons. The van der Waals surface area contributed by atoms with Gasteiger partial charge >= 0.3 is 7.60 Å². The SMILES string of the molecule is CNc1ccc(CC(=O)CP(=O)(OC)OC)cc1. The Morgan fingerprint density at radius 1 is 1.22 bits per heavy atom. The fourth-order valence-electron chi connectivity index (χ4n) is 1.49. The Hall–Kier alpha value is -1.16. The van der Waals surface area contributed by atoms with Gasteiger partial charge in [0.1, 0.15) is 11.9 Å². The first-order valence-electron chi connectivity index (χ1n) is 5.52. The van der Waals surface area contributed by atoms with Crippen molar-refractivity contribution in [3.8, 4) is 0 Å². The number of hydrogen-bond acceptors (Lipinski definition) is 5. The molecule has 5 nitrogen and oxygen atoms in total. The summed E-state index contributed by atoms with van der Waals surface area (Å²) in [6.45, 7) is 0. The topological polar surface area (TPSA) is 64.6 Å². The van der Waals surface area contributed by atoms with Crippen LogP contribution in [0.15, 0.2) is 24.3 Å². The Morgan fingerprint density at radius 2 is 1.78 bits per heavy atom. The average molecular weight is 271 g/mol. The zero-order chi connectivity index (χ0) is 13.6. The molecule has 0 bridgehead atoms. The van der Waals surface area contributed by atoms with E-state index in [-0.39, 0.29) is 18.4 Å². The summed E-state index contributed by atoms with van der Waals surface area (Å²) in [7, 11) is 1.13.